The van der Waals surface area contributed by atoms with Gasteiger partial charge in [0, 0.05) is 36.1 Å². The van der Waals surface area contributed by atoms with Crippen LogP contribution in [0.1, 0.15) is 11.4 Å². The lowest BCUT2D eigenvalue weighted by atomic mass is 9.40. The van der Waals surface area contributed by atoms with Crippen LogP contribution in [0.4, 0.5) is 0 Å². The summed E-state index contributed by atoms with van der Waals surface area (Å²) in [7, 11) is 0. The molecule has 7 rings (SSSR count). The van der Waals surface area contributed by atoms with Crippen LogP contribution in [-0.2, 0) is 0 Å². The quantitative estimate of drug-likeness (QED) is 0.754. The molecule has 0 radical (unpaired) electrons. The Bertz CT molecular complexity index is 993. The highest BCUT2D eigenvalue weighted by Crippen LogP contribution is 2.65. The Morgan fingerprint density at radius 3 is 1.50 bits per heavy atom. The minimum Gasteiger partial charge on any atom is -0.255 e. The van der Waals surface area contributed by atoms with Crippen molar-refractivity contribution in [2.45, 2.75) is 0 Å². The molecule has 0 amide bonds. The number of fused-ring (bicyclic) bond motifs is 2. The fraction of sp³-hybridized carbons (Fsp3) is 0.250. The predicted octanol–water partition coefficient (Wildman–Crippen LogP) is 4.09. The number of rotatable bonds is 2. The number of aromatic nitrogens is 2. The van der Waals surface area contributed by atoms with Crippen molar-refractivity contribution in [2.24, 2.45) is 45.7 Å². The molecule has 2 aromatic heterocycles. The van der Waals surface area contributed by atoms with E-state index in [1.807, 2.05) is 48.8 Å². The van der Waals surface area contributed by atoms with Crippen LogP contribution in [0.15, 0.2) is 95.5 Å². The smallest absolute Gasteiger partial charge is 0.0927 e. The van der Waals surface area contributed by atoms with Crippen molar-refractivity contribution in [2.75, 3.05) is 0 Å². The van der Waals surface area contributed by atoms with E-state index in [0.29, 0.717) is 23.7 Å². The van der Waals surface area contributed by atoms with Gasteiger partial charge in [-0.2, -0.15) is 10.2 Å². The second-order valence-corrected chi connectivity index (χ2v) is 8.09. The van der Waals surface area contributed by atoms with E-state index in [2.05, 4.69) is 45.5 Å². The zero-order valence-electron chi connectivity index (χ0n) is 15.4. The standard InChI is InChI=1S/C24H20N4/c1-13-14(2)16-10-9-15(13)19-20(16)22-21(19)23(17-7-3-5-11-25-17)27-28-24(22)18-8-4-6-12-26-18/h3-12,15-16,19-22H,1-2H2/t15-,16-,19-,20-,21-,22-/m1/s1. The number of hydrogen-bond donors (Lipinski definition) is 0. The Morgan fingerprint density at radius 1 is 0.643 bits per heavy atom. The van der Waals surface area contributed by atoms with Gasteiger partial charge in [0.25, 0.3) is 0 Å². The first kappa shape index (κ1) is 15.9. The Labute approximate surface area is 164 Å². The van der Waals surface area contributed by atoms with Crippen LogP contribution in [0.5, 0.6) is 0 Å². The molecule has 2 saturated carbocycles. The van der Waals surface area contributed by atoms with E-state index >= 15 is 0 Å². The third-order valence-electron chi connectivity index (χ3n) is 6.98. The van der Waals surface area contributed by atoms with E-state index in [9.17, 15) is 0 Å². The minimum absolute atomic E-state index is 0.289. The van der Waals surface area contributed by atoms with Gasteiger partial charge in [-0.3, -0.25) is 9.97 Å². The zero-order valence-corrected chi connectivity index (χ0v) is 15.4. The molecule has 2 fully saturated rings. The second-order valence-electron chi connectivity index (χ2n) is 8.09. The van der Waals surface area contributed by atoms with E-state index in [4.69, 9.17) is 0 Å². The third-order valence-corrected chi connectivity index (χ3v) is 6.98. The van der Waals surface area contributed by atoms with Crippen LogP contribution in [0.25, 0.3) is 0 Å². The first-order chi connectivity index (χ1) is 13.8. The largest absolute Gasteiger partial charge is 0.255 e. The molecule has 4 heteroatoms. The van der Waals surface area contributed by atoms with Gasteiger partial charge in [0.2, 0.25) is 0 Å². The molecular formula is C24H20N4. The molecule has 0 saturated heterocycles. The van der Waals surface area contributed by atoms with Gasteiger partial charge in [-0.15, -0.1) is 0 Å². The van der Waals surface area contributed by atoms with E-state index in [1.54, 1.807) is 0 Å². The highest BCUT2D eigenvalue weighted by atomic mass is 15.2. The third kappa shape index (κ3) is 1.95. The Hall–Kier alpha value is -3.14. The number of nitrogens with zero attached hydrogens (tertiary/aromatic N) is 4. The Morgan fingerprint density at radius 2 is 1.11 bits per heavy atom. The molecule has 0 N–H and O–H groups in total. The van der Waals surface area contributed by atoms with Gasteiger partial charge in [0.05, 0.1) is 22.8 Å². The summed E-state index contributed by atoms with van der Waals surface area (Å²) in [5.74, 6) is 2.20. The average Bonchev–Trinajstić information content (AvgIpc) is 2.75. The summed E-state index contributed by atoms with van der Waals surface area (Å²) >= 11 is 0. The highest BCUT2D eigenvalue weighted by molar-refractivity contribution is 6.12. The van der Waals surface area contributed by atoms with Crippen molar-refractivity contribution in [3.63, 3.8) is 0 Å². The van der Waals surface area contributed by atoms with Crippen molar-refractivity contribution in [3.05, 3.63) is 96.6 Å². The van der Waals surface area contributed by atoms with Gasteiger partial charge < -0.3 is 0 Å². The maximum absolute atomic E-state index is 4.68. The van der Waals surface area contributed by atoms with Gasteiger partial charge in [-0.1, -0.05) is 37.4 Å². The molecule has 6 atom stereocenters. The van der Waals surface area contributed by atoms with Crippen molar-refractivity contribution in [1.29, 1.82) is 0 Å². The van der Waals surface area contributed by atoms with Gasteiger partial charge in [-0.25, -0.2) is 0 Å². The number of pyridine rings is 2. The topological polar surface area (TPSA) is 50.5 Å². The van der Waals surface area contributed by atoms with E-state index < -0.39 is 0 Å². The summed E-state index contributed by atoms with van der Waals surface area (Å²) in [6.07, 6.45) is 8.33. The minimum atomic E-state index is 0.289. The van der Waals surface area contributed by atoms with Crippen LogP contribution >= 0.6 is 0 Å². The summed E-state index contributed by atoms with van der Waals surface area (Å²) in [6, 6.07) is 12.0. The normalized spacial score (nSPS) is 34.9. The van der Waals surface area contributed by atoms with Crippen molar-refractivity contribution >= 4 is 11.4 Å². The summed E-state index contributed by atoms with van der Waals surface area (Å²) in [4.78, 5) is 9.16. The first-order valence-electron chi connectivity index (χ1n) is 9.80. The van der Waals surface area contributed by atoms with Crippen LogP contribution in [-0.4, -0.2) is 21.4 Å². The molecule has 3 heterocycles. The maximum atomic E-state index is 4.68. The first-order valence-corrected chi connectivity index (χ1v) is 9.80. The predicted molar refractivity (Wildman–Crippen MR) is 110 cm³/mol. The van der Waals surface area contributed by atoms with Crippen molar-refractivity contribution in [3.8, 4) is 0 Å². The molecule has 136 valence electrons. The molecule has 2 aromatic rings. The number of hydrogen-bond acceptors (Lipinski definition) is 4. The molecule has 0 aromatic carbocycles. The van der Waals surface area contributed by atoms with Crippen molar-refractivity contribution in [1.82, 2.24) is 9.97 Å². The van der Waals surface area contributed by atoms with Crippen molar-refractivity contribution < 1.29 is 0 Å². The van der Waals surface area contributed by atoms with Gasteiger partial charge in [-0.05, 0) is 47.2 Å². The van der Waals surface area contributed by atoms with E-state index in [-0.39, 0.29) is 11.8 Å². The van der Waals surface area contributed by atoms with Crippen LogP contribution in [0.2, 0.25) is 0 Å². The van der Waals surface area contributed by atoms with Crippen LogP contribution < -0.4 is 0 Å². The molecule has 2 bridgehead atoms. The highest BCUT2D eigenvalue weighted by Gasteiger charge is 2.64. The van der Waals surface area contributed by atoms with E-state index in [0.717, 1.165) is 22.8 Å². The molecule has 1 aliphatic heterocycles. The number of allylic oxidation sites excluding steroid dienone is 4. The van der Waals surface area contributed by atoms with Crippen LogP contribution in [0.3, 0.4) is 0 Å². The summed E-state index contributed by atoms with van der Waals surface area (Å²) in [5, 5.41) is 9.37. The lowest BCUT2D eigenvalue weighted by molar-refractivity contribution is -0.0000843. The fourth-order valence-electron chi connectivity index (χ4n) is 5.78. The molecule has 28 heavy (non-hydrogen) atoms. The van der Waals surface area contributed by atoms with Gasteiger partial charge >= 0.3 is 0 Å². The molecule has 0 unspecified atom stereocenters. The van der Waals surface area contributed by atoms with E-state index in [1.165, 1.54) is 11.1 Å². The van der Waals surface area contributed by atoms with Gasteiger partial charge in [0.15, 0.2) is 0 Å². The second kappa shape index (κ2) is 5.68. The lowest BCUT2D eigenvalue weighted by Crippen LogP contribution is -2.63. The van der Waals surface area contributed by atoms with Gasteiger partial charge in [0.1, 0.15) is 0 Å². The average molecular weight is 364 g/mol. The fourth-order valence-corrected chi connectivity index (χ4v) is 5.78. The molecule has 0 spiro atoms. The molecule has 5 aliphatic rings. The van der Waals surface area contributed by atoms with Crippen LogP contribution in [0, 0.1) is 35.5 Å². The SMILES string of the molecule is C=C1C(=C)[C@H]2C=C[C@H]1[C@H]1[C@H]3C(c4ccccn4)=NN=C(c4ccccn4)[C@@H]3[C@@H]12. The summed E-state index contributed by atoms with van der Waals surface area (Å²) < 4.78 is 0. The lowest BCUT2D eigenvalue weighted by Gasteiger charge is -2.63. The maximum Gasteiger partial charge on any atom is 0.0927 e. The summed E-state index contributed by atoms with van der Waals surface area (Å²) in [5.41, 5.74) is 6.24. The molecule has 4 nitrogen and oxygen atoms in total. The zero-order chi connectivity index (χ0) is 18.8. The Kier molecular flexibility index (Phi) is 3.22. The molecule has 4 aliphatic carbocycles. The molecular weight excluding hydrogens is 344 g/mol. The Balaban J connectivity index is 1.51. The monoisotopic (exact) mass is 364 g/mol. The summed E-state index contributed by atoms with van der Waals surface area (Å²) in [6.45, 7) is 8.72.